The fourth-order valence-electron chi connectivity index (χ4n) is 3.74. The molecule has 8 nitrogen and oxygen atoms in total. The number of carboxylic acid groups (broad SMARTS) is 1. The number of aromatic nitrogens is 4. The number of methoxy groups -OCH3 is 2. The van der Waals surface area contributed by atoms with Gasteiger partial charge in [0.15, 0.2) is 0 Å². The summed E-state index contributed by atoms with van der Waals surface area (Å²) in [6.07, 6.45) is 4.61. The Morgan fingerprint density at radius 2 is 1.84 bits per heavy atom. The molecule has 2 aromatic heterocycles. The molecular weight excluding hydrogens is 408 g/mol. The fourth-order valence-corrected chi connectivity index (χ4v) is 3.74. The van der Waals surface area contributed by atoms with E-state index in [1.807, 2.05) is 22.9 Å². The zero-order chi connectivity index (χ0) is 23.1. The number of rotatable bonds is 11. The van der Waals surface area contributed by atoms with Gasteiger partial charge in [-0.25, -0.2) is 14.5 Å². The summed E-state index contributed by atoms with van der Waals surface area (Å²) >= 11 is 0. The third-order valence-electron chi connectivity index (χ3n) is 5.40. The van der Waals surface area contributed by atoms with E-state index in [-0.39, 0.29) is 5.56 Å². The van der Waals surface area contributed by atoms with E-state index in [9.17, 15) is 9.90 Å². The highest BCUT2D eigenvalue weighted by atomic mass is 16.7. The first-order valence-electron chi connectivity index (χ1n) is 10.8. The summed E-state index contributed by atoms with van der Waals surface area (Å²) in [5, 5.41) is 14.1. The van der Waals surface area contributed by atoms with Crippen molar-refractivity contribution in [1.82, 2.24) is 19.7 Å². The predicted octanol–water partition coefficient (Wildman–Crippen LogP) is 4.28. The summed E-state index contributed by atoms with van der Waals surface area (Å²) in [4.78, 5) is 20.8. The molecule has 0 spiro atoms. The van der Waals surface area contributed by atoms with Crippen LogP contribution in [0, 0.1) is 0 Å². The molecule has 3 rings (SSSR count). The summed E-state index contributed by atoms with van der Waals surface area (Å²) in [6.45, 7) is 4.87. The topological polar surface area (TPSA) is 99.4 Å². The van der Waals surface area contributed by atoms with E-state index in [2.05, 4.69) is 23.9 Å². The smallest absolute Gasteiger partial charge is 0.336 e. The maximum Gasteiger partial charge on any atom is 0.336 e. The lowest BCUT2D eigenvalue weighted by Gasteiger charge is -2.27. The molecule has 0 saturated heterocycles. The van der Waals surface area contributed by atoms with Gasteiger partial charge in [-0.1, -0.05) is 44.5 Å². The first kappa shape index (κ1) is 23.6. The average Bonchev–Trinajstić information content (AvgIpc) is 3.21. The molecule has 0 aliphatic rings. The van der Waals surface area contributed by atoms with Crippen molar-refractivity contribution in [2.24, 2.45) is 0 Å². The number of hydrogen-bond donors (Lipinski definition) is 1. The Kier molecular flexibility index (Phi) is 7.71. The number of aryl methyl sites for hydroxylation is 1. The number of nitrogens with zero attached hydrogens (tertiary/aromatic N) is 4. The van der Waals surface area contributed by atoms with Crippen LogP contribution in [0.5, 0.6) is 0 Å². The minimum absolute atomic E-state index is 0.251. The molecule has 0 saturated carbocycles. The van der Waals surface area contributed by atoms with Crippen molar-refractivity contribution in [2.45, 2.75) is 51.9 Å². The Balaban J connectivity index is 1.90. The van der Waals surface area contributed by atoms with Gasteiger partial charge in [0.25, 0.3) is 0 Å². The lowest BCUT2D eigenvalue weighted by Crippen LogP contribution is -2.32. The van der Waals surface area contributed by atoms with Crippen LogP contribution in [0.4, 0.5) is 0 Å². The van der Waals surface area contributed by atoms with Crippen LogP contribution < -0.4 is 0 Å². The van der Waals surface area contributed by atoms with Crippen molar-refractivity contribution >= 4 is 5.97 Å². The number of carboxylic acids is 1. The van der Waals surface area contributed by atoms with Crippen LogP contribution >= 0.6 is 0 Å². The minimum Gasteiger partial charge on any atom is -0.478 e. The van der Waals surface area contributed by atoms with E-state index in [0.717, 1.165) is 36.5 Å². The second kappa shape index (κ2) is 10.5. The molecule has 0 bridgehead atoms. The van der Waals surface area contributed by atoms with Crippen LogP contribution in [0.15, 0.2) is 42.6 Å². The third-order valence-corrected chi connectivity index (χ3v) is 5.40. The molecule has 170 valence electrons. The van der Waals surface area contributed by atoms with Gasteiger partial charge in [0.1, 0.15) is 5.82 Å². The standard InChI is InChI=1S/C24H30N4O4/c1-5-13-24(31-3,32-4)23-26-21(28(27-23)14-6-2)15-18-12-11-17(16-25-18)19-9-7-8-10-20(19)22(29)30/h7-12,16H,5-6,13-15H2,1-4H3,(H,29,30). The number of benzene rings is 1. The maximum atomic E-state index is 11.5. The van der Waals surface area contributed by atoms with Gasteiger partial charge in [-0.05, 0) is 24.1 Å². The first-order valence-corrected chi connectivity index (χ1v) is 10.8. The highest BCUT2D eigenvalue weighted by Gasteiger charge is 2.36. The molecule has 0 aliphatic carbocycles. The SMILES string of the molecule is CCCn1nc(C(CCC)(OC)OC)nc1Cc1ccc(-c2ccccc2C(=O)O)cn1. The average molecular weight is 439 g/mol. The minimum atomic E-state index is -0.972. The molecule has 1 N–H and O–H groups in total. The Morgan fingerprint density at radius 1 is 1.09 bits per heavy atom. The molecule has 0 aliphatic heterocycles. The predicted molar refractivity (Wildman–Crippen MR) is 120 cm³/mol. The van der Waals surface area contributed by atoms with Gasteiger partial charge in [-0.2, -0.15) is 5.10 Å². The lowest BCUT2D eigenvalue weighted by atomic mass is 10.0. The number of hydrogen-bond acceptors (Lipinski definition) is 6. The molecule has 0 unspecified atom stereocenters. The second-order valence-electron chi connectivity index (χ2n) is 7.55. The van der Waals surface area contributed by atoms with Gasteiger partial charge in [0, 0.05) is 51.1 Å². The largest absolute Gasteiger partial charge is 0.478 e. The molecule has 8 heteroatoms. The molecule has 2 heterocycles. The van der Waals surface area contributed by atoms with Crippen LogP contribution in [0.1, 0.15) is 60.8 Å². The highest BCUT2D eigenvalue weighted by molar-refractivity contribution is 5.95. The monoisotopic (exact) mass is 438 g/mol. The molecule has 0 fully saturated rings. The molecule has 0 atom stereocenters. The normalized spacial score (nSPS) is 11.6. The summed E-state index contributed by atoms with van der Waals surface area (Å²) < 4.78 is 13.2. The van der Waals surface area contributed by atoms with Crippen molar-refractivity contribution in [2.75, 3.05) is 14.2 Å². The summed E-state index contributed by atoms with van der Waals surface area (Å²) in [5.41, 5.74) is 2.46. The molecule has 1 aromatic carbocycles. The van der Waals surface area contributed by atoms with Crippen LogP contribution in [0.3, 0.4) is 0 Å². The number of carbonyl (C=O) groups is 1. The summed E-state index contributed by atoms with van der Waals surface area (Å²) in [6, 6.07) is 10.7. The van der Waals surface area contributed by atoms with Crippen LogP contribution in [-0.2, 0) is 28.2 Å². The van der Waals surface area contributed by atoms with Gasteiger partial charge in [0.05, 0.1) is 5.56 Å². The Bertz CT molecular complexity index is 1040. The van der Waals surface area contributed by atoms with Crippen LogP contribution in [0.25, 0.3) is 11.1 Å². The zero-order valence-corrected chi connectivity index (χ0v) is 19.0. The Hall–Kier alpha value is -3.10. The second-order valence-corrected chi connectivity index (χ2v) is 7.55. The van der Waals surface area contributed by atoms with Crippen molar-refractivity contribution in [1.29, 1.82) is 0 Å². The molecule has 0 radical (unpaired) electrons. The number of ether oxygens (including phenoxy) is 2. The van der Waals surface area contributed by atoms with Crippen LogP contribution in [0.2, 0.25) is 0 Å². The number of aromatic carboxylic acids is 1. The van der Waals surface area contributed by atoms with E-state index >= 15 is 0 Å². The Morgan fingerprint density at radius 3 is 2.44 bits per heavy atom. The van der Waals surface area contributed by atoms with E-state index in [0.29, 0.717) is 24.2 Å². The van der Waals surface area contributed by atoms with E-state index < -0.39 is 11.8 Å². The molecule has 0 amide bonds. The van der Waals surface area contributed by atoms with Crippen molar-refractivity contribution < 1.29 is 19.4 Å². The maximum absolute atomic E-state index is 11.5. The van der Waals surface area contributed by atoms with Crippen molar-refractivity contribution in [3.63, 3.8) is 0 Å². The van der Waals surface area contributed by atoms with Crippen LogP contribution in [-0.4, -0.2) is 45.0 Å². The lowest BCUT2D eigenvalue weighted by molar-refractivity contribution is -0.225. The van der Waals surface area contributed by atoms with E-state index in [1.54, 1.807) is 38.6 Å². The quantitative estimate of drug-likeness (QED) is 0.446. The summed E-state index contributed by atoms with van der Waals surface area (Å²) in [7, 11) is 3.21. The van der Waals surface area contributed by atoms with Gasteiger partial charge in [-0.3, -0.25) is 4.98 Å². The van der Waals surface area contributed by atoms with E-state index in [4.69, 9.17) is 14.5 Å². The molecular formula is C24H30N4O4. The third kappa shape index (κ3) is 4.87. The summed E-state index contributed by atoms with van der Waals surface area (Å²) in [5.74, 6) is -0.639. The van der Waals surface area contributed by atoms with Gasteiger partial charge >= 0.3 is 5.97 Å². The van der Waals surface area contributed by atoms with Gasteiger partial charge < -0.3 is 14.6 Å². The molecule has 32 heavy (non-hydrogen) atoms. The highest BCUT2D eigenvalue weighted by Crippen LogP contribution is 2.29. The fraction of sp³-hybridized carbons (Fsp3) is 0.417. The zero-order valence-electron chi connectivity index (χ0n) is 19.0. The Labute approximate surface area is 188 Å². The van der Waals surface area contributed by atoms with Gasteiger partial charge in [0.2, 0.25) is 11.6 Å². The number of pyridine rings is 1. The van der Waals surface area contributed by atoms with E-state index in [1.165, 1.54) is 0 Å². The van der Waals surface area contributed by atoms with Crippen molar-refractivity contribution in [3.8, 4) is 11.1 Å². The first-order chi connectivity index (χ1) is 15.5. The van der Waals surface area contributed by atoms with Crippen molar-refractivity contribution in [3.05, 3.63) is 65.5 Å². The molecule has 3 aromatic rings. The van der Waals surface area contributed by atoms with Gasteiger partial charge in [-0.15, -0.1) is 0 Å².